The molecule has 1 unspecified atom stereocenters. The molecule has 0 aliphatic carbocycles. The van der Waals surface area contributed by atoms with Gasteiger partial charge < -0.3 is 9.80 Å². The molecule has 37 heavy (non-hydrogen) atoms. The average Bonchev–Trinajstić information content (AvgIpc) is 3.18. The van der Waals surface area contributed by atoms with E-state index in [4.69, 9.17) is 18.2 Å². The third-order valence-corrected chi connectivity index (χ3v) is 9.21. The summed E-state index contributed by atoms with van der Waals surface area (Å²) in [5.74, 6) is -2.01. The second kappa shape index (κ2) is 9.41. The SMILES string of the molecule is [C-]#[N+]c1ccc(S(=O)(=O)N2CCN(c3cc4c(cc3F)C(=O)N(C3CCC(=O)NC3=O)C4)CC2)c(Cl)c1. The summed E-state index contributed by atoms with van der Waals surface area (Å²) in [6.07, 6.45) is 0.332. The third-order valence-electron chi connectivity index (χ3n) is 6.83. The molecule has 2 fully saturated rings. The van der Waals surface area contributed by atoms with E-state index in [-0.39, 0.29) is 78.3 Å². The third kappa shape index (κ3) is 4.43. The van der Waals surface area contributed by atoms with E-state index in [9.17, 15) is 22.8 Å². The van der Waals surface area contributed by atoms with Crippen molar-refractivity contribution in [2.24, 2.45) is 0 Å². The summed E-state index contributed by atoms with van der Waals surface area (Å²) in [5.41, 5.74) is 1.21. The number of hydrogen-bond acceptors (Lipinski definition) is 6. The number of piperidine rings is 1. The summed E-state index contributed by atoms with van der Waals surface area (Å²) in [5, 5.41) is 2.20. The number of rotatable bonds is 4. The number of fused-ring (bicyclic) bond motifs is 1. The molecule has 3 aliphatic rings. The molecule has 10 nitrogen and oxygen atoms in total. The van der Waals surface area contributed by atoms with E-state index in [1.807, 2.05) is 0 Å². The quantitative estimate of drug-likeness (QED) is 0.466. The topological polar surface area (TPSA) is 111 Å². The molecule has 0 spiro atoms. The van der Waals surface area contributed by atoms with Gasteiger partial charge in [0, 0.05) is 44.7 Å². The Bertz CT molecular complexity index is 1480. The van der Waals surface area contributed by atoms with Crippen LogP contribution >= 0.6 is 11.6 Å². The molecule has 0 saturated carbocycles. The van der Waals surface area contributed by atoms with Crippen molar-refractivity contribution in [3.05, 3.63) is 63.7 Å². The summed E-state index contributed by atoms with van der Waals surface area (Å²) < 4.78 is 42.6. The number of hydrogen-bond donors (Lipinski definition) is 1. The van der Waals surface area contributed by atoms with Crippen LogP contribution in [0, 0.1) is 12.4 Å². The Balaban J connectivity index is 1.31. The van der Waals surface area contributed by atoms with E-state index >= 15 is 4.39 Å². The number of halogens is 2. The van der Waals surface area contributed by atoms with Crippen molar-refractivity contribution in [1.29, 1.82) is 0 Å². The highest BCUT2D eigenvalue weighted by molar-refractivity contribution is 7.89. The van der Waals surface area contributed by atoms with Gasteiger partial charge in [-0.2, -0.15) is 4.31 Å². The van der Waals surface area contributed by atoms with E-state index in [2.05, 4.69) is 10.2 Å². The molecular weight excluding hydrogens is 525 g/mol. The number of amides is 3. The van der Waals surface area contributed by atoms with E-state index < -0.39 is 33.7 Å². The van der Waals surface area contributed by atoms with Crippen LogP contribution in [0.2, 0.25) is 5.02 Å². The first kappa shape index (κ1) is 25.1. The van der Waals surface area contributed by atoms with Crippen molar-refractivity contribution in [3.63, 3.8) is 0 Å². The monoisotopic (exact) mass is 545 g/mol. The van der Waals surface area contributed by atoms with Crippen molar-refractivity contribution < 1.29 is 27.2 Å². The lowest BCUT2D eigenvalue weighted by molar-refractivity contribution is -0.136. The van der Waals surface area contributed by atoms with Crippen LogP contribution in [0.1, 0.15) is 28.8 Å². The number of sulfonamides is 1. The largest absolute Gasteiger partial charge is 0.367 e. The van der Waals surface area contributed by atoms with Gasteiger partial charge >= 0.3 is 0 Å². The summed E-state index contributed by atoms with van der Waals surface area (Å²) in [6.45, 7) is 7.73. The Kier molecular flexibility index (Phi) is 6.39. The second-order valence-corrected chi connectivity index (χ2v) is 11.3. The highest BCUT2D eigenvalue weighted by atomic mass is 35.5. The predicted molar refractivity (Wildman–Crippen MR) is 131 cm³/mol. The fourth-order valence-corrected chi connectivity index (χ4v) is 6.83. The summed E-state index contributed by atoms with van der Waals surface area (Å²) in [4.78, 5) is 42.8. The minimum Gasteiger partial charge on any atom is -0.367 e. The Hall–Kier alpha value is -3.53. The van der Waals surface area contributed by atoms with Gasteiger partial charge in [-0.05, 0) is 30.2 Å². The van der Waals surface area contributed by atoms with E-state index in [1.165, 1.54) is 27.4 Å². The van der Waals surface area contributed by atoms with Gasteiger partial charge in [0.05, 0.1) is 22.2 Å². The molecule has 2 aromatic rings. The molecule has 2 saturated heterocycles. The van der Waals surface area contributed by atoms with Crippen LogP contribution in [0.4, 0.5) is 15.8 Å². The van der Waals surface area contributed by atoms with Crippen molar-refractivity contribution in [2.45, 2.75) is 30.3 Å². The molecule has 5 rings (SSSR count). The van der Waals surface area contributed by atoms with Gasteiger partial charge in [0.1, 0.15) is 11.9 Å². The minimum atomic E-state index is -3.91. The summed E-state index contributed by atoms with van der Waals surface area (Å²) in [6, 6.07) is 5.92. The second-order valence-electron chi connectivity index (χ2n) is 8.98. The Morgan fingerprint density at radius 3 is 2.46 bits per heavy atom. The van der Waals surface area contributed by atoms with Gasteiger partial charge in [-0.1, -0.05) is 23.7 Å². The number of nitrogens with one attached hydrogen (secondary N) is 1. The lowest BCUT2D eigenvalue weighted by atomic mass is 10.0. The molecule has 3 aliphatic heterocycles. The fraction of sp³-hybridized carbons (Fsp3) is 0.333. The van der Waals surface area contributed by atoms with Gasteiger partial charge in [-0.3, -0.25) is 19.7 Å². The highest BCUT2D eigenvalue weighted by Gasteiger charge is 2.40. The maximum absolute atomic E-state index is 15.1. The highest BCUT2D eigenvalue weighted by Crippen LogP contribution is 2.34. The molecule has 1 N–H and O–H groups in total. The number of imide groups is 1. The van der Waals surface area contributed by atoms with Crippen LogP contribution in [-0.4, -0.2) is 67.6 Å². The van der Waals surface area contributed by atoms with Crippen LogP contribution in [0.15, 0.2) is 35.2 Å². The Morgan fingerprint density at radius 1 is 1.08 bits per heavy atom. The first-order chi connectivity index (χ1) is 17.6. The Labute approximate surface area is 217 Å². The molecule has 2 aromatic carbocycles. The van der Waals surface area contributed by atoms with Gasteiger partial charge in [0.25, 0.3) is 5.91 Å². The summed E-state index contributed by atoms with van der Waals surface area (Å²) in [7, 11) is -3.91. The van der Waals surface area contributed by atoms with Crippen LogP contribution in [0.25, 0.3) is 4.85 Å². The maximum Gasteiger partial charge on any atom is 0.255 e. The normalized spacial score (nSPS) is 20.6. The predicted octanol–water partition coefficient (Wildman–Crippen LogP) is 2.30. The fourth-order valence-electron chi connectivity index (χ4n) is 4.90. The molecule has 1 atom stereocenters. The molecule has 0 bridgehead atoms. The molecule has 192 valence electrons. The lowest BCUT2D eigenvalue weighted by Gasteiger charge is -2.35. The van der Waals surface area contributed by atoms with Crippen molar-refractivity contribution in [1.82, 2.24) is 14.5 Å². The zero-order valence-corrected chi connectivity index (χ0v) is 21.0. The van der Waals surface area contributed by atoms with E-state index in [0.717, 1.165) is 6.07 Å². The smallest absolute Gasteiger partial charge is 0.255 e. The number of benzene rings is 2. The zero-order valence-electron chi connectivity index (χ0n) is 19.4. The van der Waals surface area contributed by atoms with Gasteiger partial charge in [0.15, 0.2) is 5.69 Å². The molecule has 0 aromatic heterocycles. The van der Waals surface area contributed by atoms with Crippen LogP contribution < -0.4 is 10.2 Å². The number of anilines is 1. The molecule has 3 amide bonds. The van der Waals surface area contributed by atoms with Crippen molar-refractivity contribution in [3.8, 4) is 0 Å². The maximum atomic E-state index is 15.1. The number of carbonyl (C=O) groups is 3. The van der Waals surface area contributed by atoms with Gasteiger partial charge in [-0.25, -0.2) is 17.7 Å². The molecule has 3 heterocycles. The van der Waals surface area contributed by atoms with Crippen LogP contribution in [-0.2, 0) is 26.2 Å². The first-order valence-corrected chi connectivity index (χ1v) is 13.3. The molecule has 13 heteroatoms. The van der Waals surface area contributed by atoms with E-state index in [0.29, 0.717) is 5.56 Å². The minimum absolute atomic E-state index is 0.0363. The van der Waals surface area contributed by atoms with Crippen molar-refractivity contribution in [2.75, 3.05) is 31.1 Å². The number of nitrogens with zero attached hydrogens (tertiary/aromatic N) is 4. The Morgan fingerprint density at radius 2 is 1.81 bits per heavy atom. The lowest BCUT2D eigenvalue weighted by Crippen LogP contribution is -2.52. The van der Waals surface area contributed by atoms with E-state index in [1.54, 1.807) is 11.0 Å². The standard InChI is InChI=1S/C24H21ClFN5O5S/c1-27-15-2-4-21(17(25)11-15)37(35,36)30-8-6-29(7-9-30)20-10-14-13-31(24(34)16(14)12-18(20)26)19-3-5-22(32)28-23(19)33/h2,4,10-12,19H,3,5-9,13H2,(H,28,32,33). The number of carbonyl (C=O) groups excluding carboxylic acids is 3. The zero-order chi connectivity index (χ0) is 26.5. The van der Waals surface area contributed by atoms with Crippen LogP contribution in [0.5, 0.6) is 0 Å². The average molecular weight is 546 g/mol. The number of piperazine rings is 1. The molecule has 0 radical (unpaired) electrons. The molecular formula is C24H21ClFN5O5S. The van der Waals surface area contributed by atoms with Gasteiger partial charge in [0.2, 0.25) is 21.8 Å². The van der Waals surface area contributed by atoms with Crippen molar-refractivity contribution >= 4 is 50.7 Å². The summed E-state index contributed by atoms with van der Waals surface area (Å²) >= 11 is 6.12. The van der Waals surface area contributed by atoms with Crippen LogP contribution in [0.3, 0.4) is 0 Å². The van der Waals surface area contributed by atoms with Gasteiger partial charge in [-0.15, -0.1) is 0 Å². The first-order valence-electron chi connectivity index (χ1n) is 11.5.